The van der Waals surface area contributed by atoms with Crippen molar-refractivity contribution in [3.63, 3.8) is 0 Å². The predicted octanol–water partition coefficient (Wildman–Crippen LogP) is 3.50. The van der Waals surface area contributed by atoms with Crippen molar-refractivity contribution in [2.45, 2.75) is 25.2 Å². The summed E-state index contributed by atoms with van der Waals surface area (Å²) in [6.45, 7) is 3.91. The second-order valence-electron chi connectivity index (χ2n) is 5.56. The van der Waals surface area contributed by atoms with Gasteiger partial charge in [0.1, 0.15) is 5.15 Å². The van der Waals surface area contributed by atoms with Gasteiger partial charge in [-0.3, -0.25) is 19.4 Å². The van der Waals surface area contributed by atoms with Crippen LogP contribution in [0.25, 0.3) is 0 Å². The number of carbonyl (C=O) groups is 1. The summed E-state index contributed by atoms with van der Waals surface area (Å²) in [6, 6.07) is 7.54. The molecule has 2 aromatic rings. The normalized spacial score (nSPS) is 11.7. The Morgan fingerprint density at radius 3 is 2.64 bits per heavy atom. The highest BCUT2D eigenvalue weighted by atomic mass is 35.5. The number of hydrogen-bond donors (Lipinski definition) is 2. The second kappa shape index (κ2) is 8.31. The van der Waals surface area contributed by atoms with Crippen LogP contribution in [0.15, 0.2) is 29.2 Å². The van der Waals surface area contributed by atoms with Gasteiger partial charge in [-0.2, -0.15) is 0 Å². The van der Waals surface area contributed by atoms with Crippen LogP contribution in [0.5, 0.6) is 0 Å². The summed E-state index contributed by atoms with van der Waals surface area (Å²) in [7, 11) is 0.438. The first-order valence-electron chi connectivity index (χ1n) is 7.71. The van der Waals surface area contributed by atoms with Crippen LogP contribution in [-0.2, 0) is 22.0 Å². The van der Waals surface area contributed by atoms with Gasteiger partial charge in [-0.15, -0.1) is 0 Å². The molecule has 0 radical (unpaired) electrons. The molecule has 0 aliphatic carbocycles. The minimum atomic E-state index is -1.14. The molecule has 1 aromatic heterocycles. The monoisotopic (exact) mass is 380 g/mol. The van der Waals surface area contributed by atoms with Gasteiger partial charge in [0.15, 0.2) is 5.82 Å². The fraction of sp³-hybridized carbons (Fsp3) is 0.294. The van der Waals surface area contributed by atoms with Crippen molar-refractivity contribution in [2.24, 2.45) is 0 Å². The summed E-state index contributed by atoms with van der Waals surface area (Å²) in [5.74, 6) is 0.467. The van der Waals surface area contributed by atoms with Crippen molar-refractivity contribution >= 4 is 46.0 Å². The molecule has 0 fully saturated rings. The first-order valence-corrected chi connectivity index (χ1v) is 9.64. The van der Waals surface area contributed by atoms with Gasteiger partial charge < -0.3 is 5.32 Å². The number of pyridine rings is 1. The highest BCUT2D eigenvalue weighted by molar-refractivity contribution is 7.84. The number of nitrogens with one attached hydrogen (secondary N) is 2. The number of amides is 1. The molecule has 0 saturated heterocycles. The lowest BCUT2D eigenvalue weighted by atomic mass is 10.1. The number of benzene rings is 1. The number of hydrazine groups is 1. The minimum absolute atomic E-state index is 0.277. The van der Waals surface area contributed by atoms with Gasteiger partial charge in [0.2, 0.25) is 6.41 Å². The number of nitrogens with zero attached hydrogens (tertiary/aromatic N) is 2. The van der Waals surface area contributed by atoms with E-state index in [1.807, 2.05) is 25.1 Å². The molecule has 1 unspecified atom stereocenters. The van der Waals surface area contributed by atoms with Crippen molar-refractivity contribution in [3.05, 3.63) is 40.5 Å². The first kappa shape index (κ1) is 19.2. The summed E-state index contributed by atoms with van der Waals surface area (Å²) in [6.07, 6.45) is 3.16. The highest BCUT2D eigenvalue weighted by Gasteiger charge is 2.13. The Kier molecular flexibility index (Phi) is 6.39. The third kappa shape index (κ3) is 4.70. The summed E-state index contributed by atoms with van der Waals surface area (Å²) in [4.78, 5) is 15.7. The Morgan fingerprint density at radius 2 is 2.04 bits per heavy atom. The molecule has 1 atom stereocenters. The largest absolute Gasteiger partial charge is 0.354 e. The fourth-order valence-corrected chi connectivity index (χ4v) is 3.22. The van der Waals surface area contributed by atoms with Gasteiger partial charge in [0, 0.05) is 24.6 Å². The predicted molar refractivity (Wildman–Crippen MR) is 103 cm³/mol. The van der Waals surface area contributed by atoms with E-state index in [-0.39, 0.29) is 5.15 Å². The Labute approximate surface area is 155 Å². The molecule has 0 saturated carbocycles. The molecular weight excluding hydrogens is 360 g/mol. The minimum Gasteiger partial charge on any atom is -0.354 e. The molecule has 1 heterocycles. The fourth-order valence-electron chi connectivity index (χ4n) is 2.28. The molecule has 25 heavy (non-hydrogen) atoms. The summed E-state index contributed by atoms with van der Waals surface area (Å²) < 4.78 is 12.1. The molecule has 0 aliphatic heterocycles. The molecule has 134 valence electrons. The van der Waals surface area contributed by atoms with Gasteiger partial charge in [-0.1, -0.05) is 24.6 Å². The van der Waals surface area contributed by atoms with Crippen molar-refractivity contribution < 1.29 is 9.00 Å². The maximum atomic E-state index is 12.1. The number of hydrogen-bond acceptors (Lipinski definition) is 5. The maximum absolute atomic E-state index is 12.1. The summed E-state index contributed by atoms with van der Waals surface area (Å²) >= 11 is 6.11. The SMILES string of the molecule is CCc1ccc(Nc2cc(Cl)nc(NN(C)C=O)c2C)c(S(C)=O)c1. The molecule has 0 bridgehead atoms. The van der Waals surface area contributed by atoms with Crippen LogP contribution >= 0.6 is 11.6 Å². The van der Waals surface area contributed by atoms with E-state index in [2.05, 4.69) is 22.7 Å². The number of anilines is 3. The zero-order valence-corrected chi connectivity index (χ0v) is 16.2. The van der Waals surface area contributed by atoms with Gasteiger partial charge in [0.25, 0.3) is 0 Å². The van der Waals surface area contributed by atoms with Crippen LogP contribution in [0, 0.1) is 6.92 Å². The van der Waals surface area contributed by atoms with Gasteiger partial charge in [-0.05, 0) is 37.1 Å². The molecule has 2 N–H and O–H groups in total. The zero-order valence-electron chi connectivity index (χ0n) is 14.6. The molecule has 6 nitrogen and oxygen atoms in total. The molecule has 0 aliphatic rings. The number of halogens is 1. The lowest BCUT2D eigenvalue weighted by Gasteiger charge is -2.19. The van der Waals surface area contributed by atoms with Crippen molar-refractivity contribution in [1.82, 2.24) is 9.99 Å². The number of aromatic nitrogens is 1. The van der Waals surface area contributed by atoms with E-state index < -0.39 is 10.8 Å². The van der Waals surface area contributed by atoms with E-state index in [4.69, 9.17) is 11.6 Å². The van der Waals surface area contributed by atoms with Crippen LogP contribution in [-0.4, -0.2) is 33.9 Å². The molecule has 2 rings (SSSR count). The smallest absolute Gasteiger partial charge is 0.227 e. The lowest BCUT2D eigenvalue weighted by molar-refractivity contribution is -0.115. The van der Waals surface area contributed by atoms with Crippen LogP contribution in [0.2, 0.25) is 5.15 Å². The van der Waals surface area contributed by atoms with Gasteiger partial charge >= 0.3 is 0 Å². The quantitative estimate of drug-likeness (QED) is 0.437. The summed E-state index contributed by atoms with van der Waals surface area (Å²) in [5, 5.41) is 4.81. The first-order chi connectivity index (χ1) is 11.8. The molecule has 1 amide bonds. The Morgan fingerprint density at radius 1 is 1.32 bits per heavy atom. The van der Waals surface area contributed by atoms with E-state index in [0.29, 0.717) is 12.2 Å². The van der Waals surface area contributed by atoms with Crippen molar-refractivity contribution in [1.29, 1.82) is 0 Å². The van der Waals surface area contributed by atoms with Gasteiger partial charge in [0.05, 0.1) is 21.4 Å². The number of rotatable bonds is 7. The van der Waals surface area contributed by atoms with E-state index in [9.17, 15) is 9.00 Å². The zero-order chi connectivity index (χ0) is 18.6. The van der Waals surface area contributed by atoms with E-state index in [1.54, 1.807) is 19.4 Å². The van der Waals surface area contributed by atoms with E-state index in [0.717, 1.165) is 33.8 Å². The Bertz CT molecular complexity index is 813. The topological polar surface area (TPSA) is 74.3 Å². The number of carbonyl (C=O) groups excluding carboxylic acids is 1. The van der Waals surface area contributed by atoms with Crippen molar-refractivity contribution in [2.75, 3.05) is 24.0 Å². The highest BCUT2D eigenvalue weighted by Crippen LogP contribution is 2.31. The van der Waals surface area contributed by atoms with Crippen molar-refractivity contribution in [3.8, 4) is 0 Å². The maximum Gasteiger partial charge on any atom is 0.227 e. The van der Waals surface area contributed by atoms with Gasteiger partial charge in [-0.25, -0.2) is 4.98 Å². The van der Waals surface area contributed by atoms with E-state index >= 15 is 0 Å². The standard InChI is InChI=1S/C17H21ClN4O2S/c1-5-12-6-7-13(15(8-12)25(4)24)19-14-9-16(18)20-17(11(14)2)21-22(3)10-23/h6-10H,5H2,1-4H3,(H2,19,20,21). The lowest BCUT2D eigenvalue weighted by Crippen LogP contribution is -2.24. The van der Waals surface area contributed by atoms with Crippen LogP contribution in [0.1, 0.15) is 18.1 Å². The Hall–Kier alpha value is -2.12. The third-order valence-electron chi connectivity index (χ3n) is 3.71. The van der Waals surface area contributed by atoms with E-state index in [1.165, 1.54) is 5.01 Å². The molecule has 8 heteroatoms. The van der Waals surface area contributed by atoms with Crippen LogP contribution in [0.3, 0.4) is 0 Å². The number of aryl methyl sites for hydroxylation is 1. The summed E-state index contributed by atoms with van der Waals surface area (Å²) in [5.41, 5.74) is 6.22. The average molecular weight is 381 g/mol. The van der Waals surface area contributed by atoms with Crippen LogP contribution in [0.4, 0.5) is 17.2 Å². The molecular formula is C17H21ClN4O2S. The molecule has 1 aromatic carbocycles. The molecule has 0 spiro atoms. The van der Waals surface area contributed by atoms with Crippen LogP contribution < -0.4 is 10.7 Å². The Balaban J connectivity index is 2.44. The average Bonchev–Trinajstić information content (AvgIpc) is 2.58. The second-order valence-corrected chi connectivity index (χ2v) is 7.29. The third-order valence-corrected chi connectivity index (χ3v) is 4.87.